The minimum atomic E-state index is -0.0437. The van der Waals surface area contributed by atoms with Gasteiger partial charge in [0.25, 0.3) is 5.91 Å². The summed E-state index contributed by atoms with van der Waals surface area (Å²) in [6.07, 6.45) is 4.89. The Hall–Kier alpha value is -2.28. The molecular weight excluding hydrogens is 270 g/mol. The summed E-state index contributed by atoms with van der Waals surface area (Å²) in [6.45, 7) is 1.73. The lowest BCUT2D eigenvalue weighted by atomic mass is 9.95. The maximum absolute atomic E-state index is 12.6. The Labute approximate surface area is 122 Å². The summed E-state index contributed by atoms with van der Waals surface area (Å²) in [6, 6.07) is 1.68. The summed E-state index contributed by atoms with van der Waals surface area (Å²) in [5.41, 5.74) is 2.77. The van der Waals surface area contributed by atoms with Crippen molar-refractivity contribution >= 4 is 5.91 Å². The molecule has 1 aliphatic heterocycles. The fourth-order valence-electron chi connectivity index (χ4n) is 2.72. The van der Waals surface area contributed by atoms with Crippen LogP contribution in [0, 0.1) is 0 Å². The number of fused-ring (bicyclic) bond motifs is 1. The first-order chi connectivity index (χ1) is 10.2. The van der Waals surface area contributed by atoms with Crippen molar-refractivity contribution in [1.29, 1.82) is 0 Å². The minimum Gasteiger partial charge on any atom is -0.384 e. The number of aromatic nitrogens is 4. The van der Waals surface area contributed by atoms with E-state index in [1.807, 2.05) is 22.8 Å². The lowest BCUT2D eigenvalue weighted by molar-refractivity contribution is 0.0674. The van der Waals surface area contributed by atoms with Gasteiger partial charge in [0.15, 0.2) is 0 Å². The Morgan fingerprint density at radius 3 is 3.00 bits per heavy atom. The van der Waals surface area contributed by atoms with Crippen molar-refractivity contribution in [2.24, 2.45) is 7.05 Å². The first kappa shape index (κ1) is 13.7. The molecule has 7 heteroatoms. The first-order valence-electron chi connectivity index (χ1n) is 6.76. The second-order valence-corrected chi connectivity index (χ2v) is 5.14. The molecule has 0 radical (unpaired) electrons. The van der Waals surface area contributed by atoms with Crippen molar-refractivity contribution < 1.29 is 9.53 Å². The molecule has 110 valence electrons. The smallest absolute Gasteiger partial charge is 0.255 e. The summed E-state index contributed by atoms with van der Waals surface area (Å²) >= 11 is 0. The van der Waals surface area contributed by atoms with Gasteiger partial charge in [0.2, 0.25) is 0 Å². The molecule has 1 atom stereocenters. The summed E-state index contributed by atoms with van der Waals surface area (Å²) in [7, 11) is 3.56. The minimum absolute atomic E-state index is 0.0437. The number of carbonyl (C=O) groups is 1. The van der Waals surface area contributed by atoms with Crippen LogP contribution in [0.1, 0.15) is 27.5 Å². The SMILES string of the molecule is COC[C@@H]1CN(C(=O)c2ccnnc2)Cc2c1cnn2C. The lowest BCUT2D eigenvalue weighted by Crippen LogP contribution is -2.40. The standard InChI is InChI=1S/C14H17N5O2/c1-18-13-8-19(14(20)10-3-4-15-16-5-10)7-11(9-21-2)12(13)6-17-18/h3-6,11H,7-9H2,1-2H3/t11-/m0/s1. The molecule has 3 heterocycles. The van der Waals surface area contributed by atoms with Crippen molar-refractivity contribution in [2.75, 3.05) is 20.3 Å². The van der Waals surface area contributed by atoms with Crippen LogP contribution in [0.5, 0.6) is 0 Å². The highest BCUT2D eigenvalue weighted by Gasteiger charge is 2.31. The van der Waals surface area contributed by atoms with Crippen molar-refractivity contribution in [3.8, 4) is 0 Å². The lowest BCUT2D eigenvalue weighted by Gasteiger charge is -2.32. The average molecular weight is 287 g/mol. The van der Waals surface area contributed by atoms with Crippen LogP contribution in [-0.4, -0.2) is 51.0 Å². The van der Waals surface area contributed by atoms with Crippen LogP contribution >= 0.6 is 0 Å². The molecular formula is C14H17N5O2. The molecule has 0 aromatic carbocycles. The van der Waals surface area contributed by atoms with Gasteiger partial charge < -0.3 is 9.64 Å². The van der Waals surface area contributed by atoms with E-state index in [4.69, 9.17) is 4.74 Å². The molecule has 0 aliphatic carbocycles. The van der Waals surface area contributed by atoms with Crippen LogP contribution in [-0.2, 0) is 18.3 Å². The van der Waals surface area contributed by atoms with Crippen molar-refractivity contribution in [3.63, 3.8) is 0 Å². The van der Waals surface area contributed by atoms with Crippen LogP contribution in [0.2, 0.25) is 0 Å². The van der Waals surface area contributed by atoms with E-state index < -0.39 is 0 Å². The second kappa shape index (κ2) is 5.61. The number of aryl methyl sites for hydroxylation is 1. The fraction of sp³-hybridized carbons (Fsp3) is 0.429. The molecule has 0 saturated heterocycles. The normalized spacial score (nSPS) is 17.6. The Morgan fingerprint density at radius 1 is 1.43 bits per heavy atom. The number of hydrogen-bond acceptors (Lipinski definition) is 5. The van der Waals surface area contributed by atoms with E-state index in [1.165, 1.54) is 12.4 Å². The van der Waals surface area contributed by atoms with Gasteiger partial charge in [-0.2, -0.15) is 15.3 Å². The first-order valence-corrected chi connectivity index (χ1v) is 6.76. The molecule has 0 N–H and O–H groups in total. The third-order valence-electron chi connectivity index (χ3n) is 3.80. The Kier molecular flexibility index (Phi) is 3.66. The highest BCUT2D eigenvalue weighted by atomic mass is 16.5. The monoisotopic (exact) mass is 287 g/mol. The summed E-state index contributed by atoms with van der Waals surface area (Å²) in [4.78, 5) is 14.4. The van der Waals surface area contributed by atoms with E-state index in [9.17, 15) is 4.79 Å². The van der Waals surface area contributed by atoms with Gasteiger partial charge in [-0.25, -0.2) is 0 Å². The zero-order valence-electron chi connectivity index (χ0n) is 12.1. The Balaban J connectivity index is 1.89. The average Bonchev–Trinajstić information content (AvgIpc) is 2.89. The van der Waals surface area contributed by atoms with Gasteiger partial charge in [-0.3, -0.25) is 9.48 Å². The van der Waals surface area contributed by atoms with Gasteiger partial charge in [0.1, 0.15) is 0 Å². The molecule has 1 aliphatic rings. The molecule has 0 saturated carbocycles. The highest BCUT2D eigenvalue weighted by molar-refractivity contribution is 5.93. The third kappa shape index (κ3) is 2.52. The zero-order chi connectivity index (χ0) is 14.8. The Morgan fingerprint density at radius 2 is 2.29 bits per heavy atom. The van der Waals surface area contributed by atoms with Gasteiger partial charge in [0, 0.05) is 32.2 Å². The van der Waals surface area contributed by atoms with E-state index in [0.717, 1.165) is 11.3 Å². The maximum Gasteiger partial charge on any atom is 0.255 e. The fourth-order valence-corrected chi connectivity index (χ4v) is 2.72. The van der Waals surface area contributed by atoms with Crippen molar-refractivity contribution in [1.82, 2.24) is 24.9 Å². The highest BCUT2D eigenvalue weighted by Crippen LogP contribution is 2.28. The largest absolute Gasteiger partial charge is 0.384 e. The van der Waals surface area contributed by atoms with Gasteiger partial charge in [-0.15, -0.1) is 0 Å². The molecule has 0 unspecified atom stereocenters. The molecule has 0 bridgehead atoms. The van der Waals surface area contributed by atoms with Crippen LogP contribution in [0.3, 0.4) is 0 Å². The third-order valence-corrected chi connectivity index (χ3v) is 3.80. The number of amides is 1. The van der Waals surface area contributed by atoms with Gasteiger partial charge in [-0.05, 0) is 6.07 Å². The van der Waals surface area contributed by atoms with Crippen LogP contribution < -0.4 is 0 Å². The van der Waals surface area contributed by atoms with E-state index >= 15 is 0 Å². The van der Waals surface area contributed by atoms with E-state index in [1.54, 1.807) is 13.2 Å². The number of nitrogens with zero attached hydrogens (tertiary/aromatic N) is 5. The number of ether oxygens (including phenoxy) is 1. The molecule has 1 amide bonds. The molecule has 2 aromatic heterocycles. The predicted octanol–water partition coefficient (Wildman–Crippen LogP) is 0.596. The van der Waals surface area contributed by atoms with Crippen molar-refractivity contribution in [2.45, 2.75) is 12.5 Å². The summed E-state index contributed by atoms with van der Waals surface area (Å²) in [5.74, 6) is 0.101. The molecule has 21 heavy (non-hydrogen) atoms. The van der Waals surface area contributed by atoms with E-state index in [-0.39, 0.29) is 11.8 Å². The van der Waals surface area contributed by atoms with Crippen molar-refractivity contribution in [3.05, 3.63) is 41.5 Å². The zero-order valence-corrected chi connectivity index (χ0v) is 12.1. The molecule has 2 aromatic rings. The number of hydrogen-bond donors (Lipinski definition) is 0. The summed E-state index contributed by atoms with van der Waals surface area (Å²) < 4.78 is 7.11. The molecule has 0 spiro atoms. The van der Waals surface area contributed by atoms with Gasteiger partial charge >= 0.3 is 0 Å². The topological polar surface area (TPSA) is 73.1 Å². The summed E-state index contributed by atoms with van der Waals surface area (Å²) in [5, 5.41) is 11.8. The second-order valence-electron chi connectivity index (χ2n) is 5.14. The van der Waals surface area contributed by atoms with Crippen LogP contribution in [0.25, 0.3) is 0 Å². The number of carbonyl (C=O) groups excluding carboxylic acids is 1. The quantitative estimate of drug-likeness (QED) is 0.826. The van der Waals surface area contributed by atoms with Gasteiger partial charge in [0.05, 0.1) is 43.0 Å². The van der Waals surface area contributed by atoms with E-state index in [2.05, 4.69) is 15.3 Å². The number of rotatable bonds is 3. The van der Waals surface area contributed by atoms with Crippen LogP contribution in [0.15, 0.2) is 24.7 Å². The maximum atomic E-state index is 12.6. The predicted molar refractivity (Wildman–Crippen MR) is 74.6 cm³/mol. The van der Waals surface area contributed by atoms with Gasteiger partial charge in [-0.1, -0.05) is 0 Å². The number of methoxy groups -OCH3 is 1. The molecule has 7 nitrogen and oxygen atoms in total. The molecule has 0 fully saturated rings. The molecule has 3 rings (SSSR count). The van der Waals surface area contributed by atoms with E-state index in [0.29, 0.717) is 25.3 Å². The van der Waals surface area contributed by atoms with Crippen LogP contribution in [0.4, 0.5) is 0 Å². The Bertz CT molecular complexity index is 640.